The zero-order valence-electron chi connectivity index (χ0n) is 15.1. The van der Waals surface area contributed by atoms with Crippen molar-refractivity contribution in [2.24, 2.45) is 0 Å². The molecule has 1 unspecified atom stereocenters. The maximum Gasteiger partial charge on any atom is 0.263 e. The standard InChI is InChI=1S/C22H18N2O4/c1-28-17-11-7-15(8-12-17)18(13-23)14-5-9-16(10-6-14)24-22(27)21-19(25)3-2-4-20(21)26/h2-12,18,25-26H,1H3,(H,24,27). The van der Waals surface area contributed by atoms with Gasteiger partial charge in [-0.2, -0.15) is 5.26 Å². The molecular weight excluding hydrogens is 356 g/mol. The van der Waals surface area contributed by atoms with E-state index in [9.17, 15) is 20.3 Å². The first-order valence-corrected chi connectivity index (χ1v) is 8.49. The van der Waals surface area contributed by atoms with Gasteiger partial charge in [-0.15, -0.1) is 0 Å². The van der Waals surface area contributed by atoms with E-state index in [1.807, 2.05) is 12.1 Å². The summed E-state index contributed by atoms with van der Waals surface area (Å²) in [5.41, 5.74) is 1.89. The number of benzene rings is 3. The summed E-state index contributed by atoms with van der Waals surface area (Å²) >= 11 is 0. The number of phenols is 2. The molecule has 0 bridgehead atoms. The van der Waals surface area contributed by atoms with Gasteiger partial charge in [0.1, 0.15) is 22.8 Å². The Morgan fingerprint density at radius 2 is 1.50 bits per heavy atom. The third-order valence-corrected chi connectivity index (χ3v) is 4.33. The van der Waals surface area contributed by atoms with E-state index in [0.717, 1.165) is 11.1 Å². The molecule has 3 rings (SSSR count). The second-order valence-electron chi connectivity index (χ2n) is 6.08. The number of methoxy groups -OCH3 is 1. The fourth-order valence-corrected chi connectivity index (χ4v) is 2.85. The summed E-state index contributed by atoms with van der Waals surface area (Å²) in [6.07, 6.45) is 0. The number of carbonyl (C=O) groups is 1. The number of nitrogens with zero attached hydrogens (tertiary/aromatic N) is 1. The summed E-state index contributed by atoms with van der Waals surface area (Å²) < 4.78 is 5.14. The van der Waals surface area contributed by atoms with Crippen LogP contribution in [0.15, 0.2) is 66.7 Å². The van der Waals surface area contributed by atoms with Crippen molar-refractivity contribution in [2.45, 2.75) is 5.92 Å². The minimum absolute atomic E-state index is 0.195. The van der Waals surface area contributed by atoms with Crippen molar-refractivity contribution in [3.05, 3.63) is 83.4 Å². The maximum absolute atomic E-state index is 12.3. The Balaban J connectivity index is 1.78. The topological polar surface area (TPSA) is 103 Å². The molecule has 0 aliphatic heterocycles. The van der Waals surface area contributed by atoms with Crippen LogP contribution >= 0.6 is 0 Å². The molecule has 1 atom stereocenters. The number of rotatable bonds is 5. The van der Waals surface area contributed by atoms with Gasteiger partial charge < -0.3 is 20.3 Å². The first kappa shape index (κ1) is 18.8. The number of phenolic OH excluding ortho intramolecular Hbond substituents is 2. The summed E-state index contributed by atoms with van der Waals surface area (Å²) in [6.45, 7) is 0. The minimum Gasteiger partial charge on any atom is -0.507 e. The summed E-state index contributed by atoms with van der Waals surface area (Å²) in [6, 6.07) is 20.5. The van der Waals surface area contributed by atoms with E-state index in [1.165, 1.54) is 18.2 Å². The number of hydrogen-bond donors (Lipinski definition) is 3. The molecule has 0 fully saturated rings. The van der Waals surface area contributed by atoms with Gasteiger partial charge in [0.05, 0.1) is 19.1 Å². The molecule has 28 heavy (non-hydrogen) atoms. The molecule has 3 aromatic carbocycles. The first-order valence-electron chi connectivity index (χ1n) is 8.49. The summed E-state index contributed by atoms with van der Waals surface area (Å²) in [4.78, 5) is 12.3. The number of ether oxygens (including phenoxy) is 1. The number of anilines is 1. The van der Waals surface area contributed by atoms with Gasteiger partial charge in [0.15, 0.2) is 0 Å². The monoisotopic (exact) mass is 374 g/mol. The molecule has 6 nitrogen and oxygen atoms in total. The molecule has 0 spiro atoms. The molecule has 0 saturated carbocycles. The highest BCUT2D eigenvalue weighted by Crippen LogP contribution is 2.29. The Hall–Kier alpha value is -3.98. The normalized spacial score (nSPS) is 11.3. The van der Waals surface area contributed by atoms with E-state index < -0.39 is 11.8 Å². The van der Waals surface area contributed by atoms with E-state index in [1.54, 1.807) is 43.5 Å². The molecule has 1 amide bonds. The van der Waals surface area contributed by atoms with Crippen LogP contribution in [0.5, 0.6) is 17.2 Å². The number of nitriles is 1. The van der Waals surface area contributed by atoms with E-state index >= 15 is 0 Å². The highest BCUT2D eigenvalue weighted by molar-refractivity contribution is 6.08. The van der Waals surface area contributed by atoms with Gasteiger partial charge in [-0.1, -0.05) is 30.3 Å². The van der Waals surface area contributed by atoms with E-state index in [0.29, 0.717) is 11.4 Å². The van der Waals surface area contributed by atoms with Crippen molar-refractivity contribution in [3.8, 4) is 23.3 Å². The molecular formula is C22H18N2O4. The Bertz CT molecular complexity index is 1000. The number of carbonyl (C=O) groups excluding carboxylic acids is 1. The van der Waals surface area contributed by atoms with Gasteiger partial charge in [0, 0.05) is 5.69 Å². The predicted molar refractivity (Wildman–Crippen MR) is 105 cm³/mol. The molecule has 140 valence electrons. The van der Waals surface area contributed by atoms with Crippen molar-refractivity contribution in [3.63, 3.8) is 0 Å². The first-order chi connectivity index (χ1) is 13.5. The molecule has 0 saturated heterocycles. The van der Waals surface area contributed by atoms with Crippen LogP contribution in [0.4, 0.5) is 5.69 Å². The van der Waals surface area contributed by atoms with Crippen LogP contribution in [0.25, 0.3) is 0 Å². The highest BCUT2D eigenvalue weighted by atomic mass is 16.5. The average molecular weight is 374 g/mol. The van der Waals surface area contributed by atoms with E-state index in [2.05, 4.69) is 11.4 Å². The second-order valence-corrected chi connectivity index (χ2v) is 6.08. The van der Waals surface area contributed by atoms with Crippen molar-refractivity contribution in [1.29, 1.82) is 5.26 Å². The van der Waals surface area contributed by atoms with Crippen molar-refractivity contribution in [2.75, 3.05) is 12.4 Å². The number of aromatic hydroxyl groups is 2. The zero-order valence-corrected chi connectivity index (χ0v) is 15.1. The average Bonchev–Trinajstić information content (AvgIpc) is 2.70. The third-order valence-electron chi connectivity index (χ3n) is 4.33. The summed E-state index contributed by atoms with van der Waals surface area (Å²) in [7, 11) is 1.58. The summed E-state index contributed by atoms with van der Waals surface area (Å²) in [5.74, 6) is -0.990. The van der Waals surface area contributed by atoms with Crippen LogP contribution < -0.4 is 10.1 Å². The van der Waals surface area contributed by atoms with Gasteiger partial charge in [-0.3, -0.25) is 4.79 Å². The third kappa shape index (κ3) is 3.89. The second kappa shape index (κ2) is 8.14. The van der Waals surface area contributed by atoms with Crippen LogP contribution in [-0.4, -0.2) is 23.2 Å². The van der Waals surface area contributed by atoms with Gasteiger partial charge >= 0.3 is 0 Å². The molecule has 6 heteroatoms. The fourth-order valence-electron chi connectivity index (χ4n) is 2.85. The minimum atomic E-state index is -0.629. The molecule has 0 radical (unpaired) electrons. The van der Waals surface area contributed by atoms with Gasteiger partial charge in [-0.05, 0) is 47.5 Å². The predicted octanol–water partition coefficient (Wildman–Crippen LogP) is 4.01. The SMILES string of the molecule is COc1ccc(C(C#N)c2ccc(NC(=O)c3c(O)cccc3O)cc2)cc1. The lowest BCUT2D eigenvalue weighted by atomic mass is 9.92. The Morgan fingerprint density at radius 3 is 2.00 bits per heavy atom. The van der Waals surface area contributed by atoms with E-state index in [4.69, 9.17) is 4.74 Å². The Kier molecular flexibility index (Phi) is 5.47. The van der Waals surface area contributed by atoms with Crippen molar-refractivity contribution >= 4 is 11.6 Å². The number of nitrogens with one attached hydrogen (secondary N) is 1. The van der Waals surface area contributed by atoms with Crippen LogP contribution in [0.2, 0.25) is 0 Å². The number of amides is 1. The van der Waals surface area contributed by atoms with Crippen LogP contribution in [-0.2, 0) is 0 Å². The largest absolute Gasteiger partial charge is 0.507 e. The maximum atomic E-state index is 12.3. The molecule has 0 aliphatic carbocycles. The lowest BCUT2D eigenvalue weighted by Gasteiger charge is -2.12. The lowest BCUT2D eigenvalue weighted by molar-refractivity contribution is 0.102. The van der Waals surface area contributed by atoms with Gasteiger partial charge in [0.2, 0.25) is 0 Å². The van der Waals surface area contributed by atoms with Crippen molar-refractivity contribution in [1.82, 2.24) is 0 Å². The van der Waals surface area contributed by atoms with Crippen LogP contribution in [0.1, 0.15) is 27.4 Å². The highest BCUT2D eigenvalue weighted by Gasteiger charge is 2.17. The zero-order chi connectivity index (χ0) is 20.1. The van der Waals surface area contributed by atoms with E-state index in [-0.39, 0.29) is 17.1 Å². The smallest absolute Gasteiger partial charge is 0.263 e. The van der Waals surface area contributed by atoms with Crippen LogP contribution in [0.3, 0.4) is 0 Å². The quantitative estimate of drug-likeness (QED) is 0.626. The molecule has 0 heterocycles. The fraction of sp³-hybridized carbons (Fsp3) is 0.0909. The molecule has 3 N–H and O–H groups in total. The Morgan fingerprint density at radius 1 is 0.964 bits per heavy atom. The van der Waals surface area contributed by atoms with Gasteiger partial charge in [-0.25, -0.2) is 0 Å². The Labute approximate surface area is 162 Å². The summed E-state index contributed by atoms with van der Waals surface area (Å²) in [5, 5.41) is 31.8. The number of hydrogen-bond acceptors (Lipinski definition) is 5. The molecule has 0 aliphatic rings. The molecule has 3 aromatic rings. The molecule has 0 aromatic heterocycles. The van der Waals surface area contributed by atoms with Gasteiger partial charge in [0.25, 0.3) is 5.91 Å². The van der Waals surface area contributed by atoms with Crippen LogP contribution in [0, 0.1) is 11.3 Å². The van der Waals surface area contributed by atoms with Crippen molar-refractivity contribution < 1.29 is 19.7 Å². The lowest BCUT2D eigenvalue weighted by Crippen LogP contribution is -2.12.